The molecule has 0 aromatic carbocycles. The lowest BCUT2D eigenvalue weighted by molar-refractivity contribution is -0.130. The molecule has 2 heteroatoms. The van der Waals surface area contributed by atoms with Crippen molar-refractivity contribution in [2.75, 3.05) is 0 Å². The molecule has 0 rings (SSSR count). The van der Waals surface area contributed by atoms with Crippen molar-refractivity contribution in [3.8, 4) is 24.2 Å². The summed E-state index contributed by atoms with van der Waals surface area (Å²) in [4.78, 5) is 9.98. The Balaban J connectivity index is 3.15. The van der Waals surface area contributed by atoms with E-state index in [4.69, 9.17) is 11.5 Å². The van der Waals surface area contributed by atoms with Crippen LogP contribution in [0.5, 0.6) is 0 Å². The first-order chi connectivity index (χ1) is 6.27. The highest BCUT2D eigenvalue weighted by Crippen LogP contribution is 2.03. The lowest BCUT2D eigenvalue weighted by Gasteiger charge is -1.93. The third kappa shape index (κ3) is 10.6. The molecule has 1 N–H and O–H groups in total. The van der Waals surface area contributed by atoms with Gasteiger partial charge >= 0.3 is 5.97 Å². The molecule has 0 aromatic rings. The van der Waals surface area contributed by atoms with Crippen LogP contribution in [0.15, 0.2) is 0 Å². The van der Waals surface area contributed by atoms with Crippen molar-refractivity contribution >= 4 is 5.97 Å². The van der Waals surface area contributed by atoms with Crippen LogP contribution in [0.25, 0.3) is 0 Å². The van der Waals surface area contributed by atoms with E-state index in [0.717, 1.165) is 32.1 Å². The smallest absolute Gasteiger partial charge is 0.381 e. The second-order valence-electron chi connectivity index (χ2n) is 2.73. The van der Waals surface area contributed by atoms with Crippen LogP contribution in [0.1, 0.15) is 38.5 Å². The van der Waals surface area contributed by atoms with E-state index in [-0.39, 0.29) is 0 Å². The summed E-state index contributed by atoms with van der Waals surface area (Å²) in [6, 6.07) is 0. The Morgan fingerprint density at radius 2 is 1.77 bits per heavy atom. The van der Waals surface area contributed by atoms with Crippen LogP contribution >= 0.6 is 0 Å². The number of hydrogen-bond acceptors (Lipinski definition) is 1. The molecule has 70 valence electrons. The molecule has 0 amide bonds. The van der Waals surface area contributed by atoms with Gasteiger partial charge in [0, 0.05) is 18.8 Å². The van der Waals surface area contributed by atoms with Crippen LogP contribution in [0, 0.1) is 24.2 Å². The highest BCUT2D eigenvalue weighted by Gasteiger charge is 1.87. The maximum Gasteiger partial charge on any atom is 0.381 e. The minimum atomic E-state index is -1.05. The fourth-order valence-corrected chi connectivity index (χ4v) is 0.932. The summed E-state index contributed by atoms with van der Waals surface area (Å²) in [5.41, 5.74) is 0. The number of rotatable bonds is 5. The van der Waals surface area contributed by atoms with Gasteiger partial charge in [0.05, 0.1) is 0 Å². The monoisotopic (exact) mass is 178 g/mol. The lowest BCUT2D eigenvalue weighted by Crippen LogP contribution is -1.86. The third-order valence-electron chi connectivity index (χ3n) is 1.57. The minimum absolute atomic E-state index is 0.669. The molecule has 0 unspecified atom stereocenters. The number of hydrogen-bond donors (Lipinski definition) is 1. The summed E-state index contributed by atoms with van der Waals surface area (Å²) in [6.45, 7) is 0. The fraction of sp³-hybridized carbons (Fsp3) is 0.545. The van der Waals surface area contributed by atoms with Crippen molar-refractivity contribution in [1.82, 2.24) is 0 Å². The van der Waals surface area contributed by atoms with Gasteiger partial charge in [-0.3, -0.25) is 0 Å². The predicted octanol–water partition coefficient (Wildman–Crippen LogP) is 2.05. The Bertz CT molecular complexity index is 237. The predicted molar refractivity (Wildman–Crippen MR) is 51.9 cm³/mol. The normalized spacial score (nSPS) is 8.23. The first kappa shape index (κ1) is 11.6. The summed E-state index contributed by atoms with van der Waals surface area (Å²) >= 11 is 0. The largest absolute Gasteiger partial charge is 0.472 e. The maximum atomic E-state index is 9.98. The number of carbonyl (C=O) groups is 1. The van der Waals surface area contributed by atoms with Crippen molar-refractivity contribution < 1.29 is 9.90 Å². The molecule has 0 saturated carbocycles. The van der Waals surface area contributed by atoms with E-state index in [1.165, 1.54) is 0 Å². The van der Waals surface area contributed by atoms with Crippen molar-refractivity contribution in [2.45, 2.75) is 38.5 Å². The number of carboxylic acid groups (broad SMARTS) is 1. The number of carboxylic acids is 1. The summed E-state index contributed by atoms with van der Waals surface area (Å²) in [5.74, 6) is 6.20. The van der Waals surface area contributed by atoms with Crippen LogP contribution in [-0.2, 0) is 4.79 Å². The molecule has 0 bridgehead atoms. The average molecular weight is 178 g/mol. The molecule has 0 spiro atoms. The van der Waals surface area contributed by atoms with E-state index >= 15 is 0 Å². The van der Waals surface area contributed by atoms with E-state index in [1.807, 2.05) is 0 Å². The third-order valence-corrected chi connectivity index (χ3v) is 1.57. The average Bonchev–Trinajstić information content (AvgIpc) is 2.09. The highest BCUT2D eigenvalue weighted by atomic mass is 16.4. The van der Waals surface area contributed by atoms with Gasteiger partial charge < -0.3 is 5.11 Å². The van der Waals surface area contributed by atoms with Gasteiger partial charge in [-0.2, -0.15) is 0 Å². The molecular weight excluding hydrogens is 164 g/mol. The molecule has 0 radical (unpaired) electrons. The van der Waals surface area contributed by atoms with Gasteiger partial charge in [0.1, 0.15) is 0 Å². The SMILES string of the molecule is C#CCCCCCCC#CC(=O)O. The van der Waals surface area contributed by atoms with Gasteiger partial charge in [-0.15, -0.1) is 12.3 Å². The molecule has 0 saturated heterocycles. The van der Waals surface area contributed by atoms with Crippen LogP contribution in [0.4, 0.5) is 0 Å². The Hall–Kier alpha value is -1.41. The van der Waals surface area contributed by atoms with Gasteiger partial charge in [0.25, 0.3) is 0 Å². The van der Waals surface area contributed by atoms with Crippen molar-refractivity contribution in [2.24, 2.45) is 0 Å². The van der Waals surface area contributed by atoms with Gasteiger partial charge in [0.2, 0.25) is 0 Å². The standard InChI is InChI=1S/C11H14O2/c1-2-3-4-5-6-7-8-9-10-11(12)13/h1H,3-8H2,(H,12,13). The summed E-state index contributed by atoms with van der Waals surface area (Å²) in [5, 5.41) is 8.19. The van der Waals surface area contributed by atoms with Crippen molar-refractivity contribution in [3.05, 3.63) is 0 Å². The first-order valence-corrected chi connectivity index (χ1v) is 4.42. The molecule has 0 fully saturated rings. The number of terminal acetylenes is 1. The molecule has 0 aliphatic carbocycles. The summed E-state index contributed by atoms with van der Waals surface area (Å²) < 4.78 is 0. The van der Waals surface area contributed by atoms with Crippen molar-refractivity contribution in [1.29, 1.82) is 0 Å². The maximum absolute atomic E-state index is 9.98. The number of unbranched alkanes of at least 4 members (excludes halogenated alkanes) is 5. The van der Waals surface area contributed by atoms with E-state index in [1.54, 1.807) is 0 Å². The topological polar surface area (TPSA) is 37.3 Å². The van der Waals surface area contributed by atoms with Gasteiger partial charge in [-0.05, 0) is 12.8 Å². The van der Waals surface area contributed by atoms with Gasteiger partial charge in [-0.1, -0.05) is 18.8 Å². The van der Waals surface area contributed by atoms with E-state index < -0.39 is 5.97 Å². The molecule has 0 aliphatic heterocycles. The number of aliphatic carboxylic acids is 1. The molecule has 0 heterocycles. The fourth-order valence-electron chi connectivity index (χ4n) is 0.932. The lowest BCUT2D eigenvalue weighted by atomic mass is 10.1. The van der Waals surface area contributed by atoms with Crippen LogP contribution in [0.2, 0.25) is 0 Å². The molecule has 13 heavy (non-hydrogen) atoms. The zero-order valence-electron chi connectivity index (χ0n) is 7.68. The second kappa shape index (κ2) is 8.68. The first-order valence-electron chi connectivity index (χ1n) is 4.42. The van der Waals surface area contributed by atoms with E-state index in [2.05, 4.69) is 17.8 Å². The Kier molecular flexibility index (Phi) is 7.74. The van der Waals surface area contributed by atoms with Crippen LogP contribution in [-0.4, -0.2) is 11.1 Å². The summed E-state index contributed by atoms with van der Waals surface area (Å²) in [6.07, 6.45) is 10.8. The minimum Gasteiger partial charge on any atom is -0.472 e. The van der Waals surface area contributed by atoms with Crippen LogP contribution in [0.3, 0.4) is 0 Å². The van der Waals surface area contributed by atoms with Crippen molar-refractivity contribution in [3.63, 3.8) is 0 Å². The Labute approximate surface area is 79.3 Å². The zero-order valence-corrected chi connectivity index (χ0v) is 7.68. The molecule has 0 aromatic heterocycles. The quantitative estimate of drug-likeness (QED) is 0.516. The highest BCUT2D eigenvalue weighted by molar-refractivity contribution is 5.86. The second-order valence-corrected chi connectivity index (χ2v) is 2.73. The molecule has 0 atom stereocenters. The molecule has 2 nitrogen and oxygen atoms in total. The van der Waals surface area contributed by atoms with E-state index in [9.17, 15) is 4.79 Å². The van der Waals surface area contributed by atoms with Crippen LogP contribution < -0.4 is 0 Å². The summed E-state index contributed by atoms with van der Waals surface area (Å²) in [7, 11) is 0. The van der Waals surface area contributed by atoms with Gasteiger partial charge in [-0.25, -0.2) is 4.79 Å². The van der Waals surface area contributed by atoms with Gasteiger partial charge in [0.15, 0.2) is 0 Å². The molecular formula is C11H14O2. The van der Waals surface area contributed by atoms with E-state index in [0.29, 0.717) is 6.42 Å². The molecule has 0 aliphatic rings. The zero-order chi connectivity index (χ0) is 9.94. The Morgan fingerprint density at radius 3 is 2.31 bits per heavy atom. The Morgan fingerprint density at radius 1 is 1.15 bits per heavy atom.